The van der Waals surface area contributed by atoms with Gasteiger partial charge in [-0.2, -0.15) is 0 Å². The Kier molecular flexibility index (Phi) is 3.10. The molecule has 0 amide bonds. The fourth-order valence-electron chi connectivity index (χ4n) is 1.64. The van der Waals surface area contributed by atoms with Crippen LogP contribution in [0.2, 0.25) is 0 Å². The second-order valence-electron chi connectivity index (χ2n) is 3.85. The molecule has 0 aliphatic rings. The highest BCUT2D eigenvalue weighted by molar-refractivity contribution is 5.57. The number of nitrogens with one attached hydrogen (secondary N) is 1. The van der Waals surface area contributed by atoms with Crippen molar-refractivity contribution in [2.45, 2.75) is 0 Å². The number of anilines is 2. The molecule has 5 nitrogen and oxygen atoms in total. The molecule has 1 N–H and O–H groups in total. The number of hydrogen-bond acceptors (Lipinski definition) is 5. The van der Waals surface area contributed by atoms with Crippen LogP contribution >= 0.6 is 0 Å². The molecule has 2 aromatic heterocycles. The summed E-state index contributed by atoms with van der Waals surface area (Å²) in [6, 6.07) is 11.6. The summed E-state index contributed by atoms with van der Waals surface area (Å²) in [7, 11) is 0. The molecule has 0 radical (unpaired) electrons. The zero-order valence-corrected chi connectivity index (χ0v) is 10.1. The average molecular weight is 249 g/mol. The molecule has 0 saturated heterocycles. The van der Waals surface area contributed by atoms with Crippen LogP contribution in [-0.2, 0) is 0 Å². The van der Waals surface area contributed by atoms with Crippen LogP contribution in [0, 0.1) is 0 Å². The van der Waals surface area contributed by atoms with Crippen molar-refractivity contribution >= 4 is 11.6 Å². The van der Waals surface area contributed by atoms with E-state index in [4.69, 9.17) is 0 Å². The number of aromatic nitrogens is 4. The highest BCUT2D eigenvalue weighted by atomic mass is 15.1. The van der Waals surface area contributed by atoms with Gasteiger partial charge in [-0.25, -0.2) is 9.97 Å². The Balaban J connectivity index is 1.89. The summed E-state index contributed by atoms with van der Waals surface area (Å²) < 4.78 is 0. The predicted molar refractivity (Wildman–Crippen MR) is 72.8 cm³/mol. The summed E-state index contributed by atoms with van der Waals surface area (Å²) in [5.74, 6) is 0.536. The van der Waals surface area contributed by atoms with Crippen molar-refractivity contribution in [3.8, 4) is 11.4 Å². The molecule has 5 heteroatoms. The van der Waals surface area contributed by atoms with Gasteiger partial charge in [0.05, 0.1) is 11.9 Å². The quantitative estimate of drug-likeness (QED) is 0.773. The highest BCUT2D eigenvalue weighted by Gasteiger charge is 2.03. The molecule has 1 aromatic carbocycles. The standard InChI is InChI=1S/C14H11N5/c1-2-4-11(5-3-1)18-14-17-7-6-12(19-14)13-10-15-8-9-16-13/h1-10H,(H,17,18,19). The molecule has 0 aliphatic carbocycles. The topological polar surface area (TPSA) is 63.6 Å². The minimum atomic E-state index is 0.536. The summed E-state index contributed by atoms with van der Waals surface area (Å²) >= 11 is 0. The van der Waals surface area contributed by atoms with E-state index in [1.54, 1.807) is 30.9 Å². The van der Waals surface area contributed by atoms with Gasteiger partial charge in [0.25, 0.3) is 0 Å². The molecule has 0 fully saturated rings. The van der Waals surface area contributed by atoms with Gasteiger partial charge < -0.3 is 5.32 Å². The number of nitrogens with zero attached hydrogens (tertiary/aromatic N) is 4. The normalized spacial score (nSPS) is 10.1. The minimum absolute atomic E-state index is 0.536. The Morgan fingerprint density at radius 3 is 2.47 bits per heavy atom. The summed E-state index contributed by atoms with van der Waals surface area (Å²) in [6.07, 6.45) is 6.65. The van der Waals surface area contributed by atoms with Gasteiger partial charge in [-0.3, -0.25) is 9.97 Å². The largest absolute Gasteiger partial charge is 0.324 e. The Hall–Kier alpha value is -2.82. The summed E-state index contributed by atoms with van der Waals surface area (Å²) in [6.45, 7) is 0. The highest BCUT2D eigenvalue weighted by Crippen LogP contribution is 2.16. The average Bonchev–Trinajstić information content (AvgIpc) is 2.49. The van der Waals surface area contributed by atoms with Crippen LogP contribution in [-0.4, -0.2) is 19.9 Å². The lowest BCUT2D eigenvalue weighted by molar-refractivity contribution is 1.13. The SMILES string of the molecule is c1ccc(Nc2nccc(-c3cnccn3)n2)cc1. The minimum Gasteiger partial charge on any atom is -0.324 e. The van der Waals surface area contributed by atoms with E-state index in [2.05, 4.69) is 25.3 Å². The van der Waals surface area contributed by atoms with Gasteiger partial charge in [-0.1, -0.05) is 18.2 Å². The molecule has 19 heavy (non-hydrogen) atoms. The Labute approximate surface area is 110 Å². The molecule has 0 atom stereocenters. The third-order valence-electron chi connectivity index (χ3n) is 2.51. The van der Waals surface area contributed by atoms with Crippen molar-refractivity contribution in [2.24, 2.45) is 0 Å². The van der Waals surface area contributed by atoms with Crippen LogP contribution in [0.15, 0.2) is 61.2 Å². The number of benzene rings is 1. The summed E-state index contributed by atoms with van der Waals surface area (Å²) in [4.78, 5) is 16.9. The molecule has 3 aromatic rings. The summed E-state index contributed by atoms with van der Waals surface area (Å²) in [5, 5.41) is 3.14. The number of hydrogen-bond donors (Lipinski definition) is 1. The first-order chi connectivity index (χ1) is 9.42. The van der Waals surface area contributed by atoms with Crippen molar-refractivity contribution in [3.63, 3.8) is 0 Å². The van der Waals surface area contributed by atoms with Gasteiger partial charge in [-0.05, 0) is 18.2 Å². The monoisotopic (exact) mass is 249 g/mol. The molecule has 0 aliphatic heterocycles. The van der Waals surface area contributed by atoms with Gasteiger partial charge in [0, 0.05) is 24.3 Å². The fourth-order valence-corrected chi connectivity index (χ4v) is 1.64. The van der Waals surface area contributed by atoms with E-state index in [0.717, 1.165) is 17.1 Å². The van der Waals surface area contributed by atoms with Crippen LogP contribution in [0.4, 0.5) is 11.6 Å². The van der Waals surface area contributed by atoms with Crippen molar-refractivity contribution in [2.75, 3.05) is 5.32 Å². The van der Waals surface area contributed by atoms with E-state index in [-0.39, 0.29) is 0 Å². The van der Waals surface area contributed by atoms with Gasteiger partial charge >= 0.3 is 0 Å². The summed E-state index contributed by atoms with van der Waals surface area (Å²) in [5.41, 5.74) is 2.40. The first-order valence-corrected chi connectivity index (χ1v) is 5.83. The second-order valence-corrected chi connectivity index (χ2v) is 3.85. The van der Waals surface area contributed by atoms with Crippen LogP contribution < -0.4 is 5.32 Å². The molecule has 92 valence electrons. The zero-order valence-electron chi connectivity index (χ0n) is 10.1. The third-order valence-corrected chi connectivity index (χ3v) is 2.51. The lowest BCUT2D eigenvalue weighted by Crippen LogP contribution is -1.98. The van der Waals surface area contributed by atoms with Gasteiger partial charge in [-0.15, -0.1) is 0 Å². The Bertz CT molecular complexity index is 655. The second kappa shape index (κ2) is 5.22. The molecule has 0 unspecified atom stereocenters. The molecule has 0 spiro atoms. The van der Waals surface area contributed by atoms with Gasteiger partial charge in [0.2, 0.25) is 5.95 Å². The zero-order chi connectivity index (χ0) is 12.9. The van der Waals surface area contributed by atoms with Crippen molar-refractivity contribution in [1.82, 2.24) is 19.9 Å². The molecular formula is C14H11N5. The maximum absolute atomic E-state index is 4.41. The molecule has 0 saturated carbocycles. The van der Waals surface area contributed by atoms with E-state index < -0.39 is 0 Å². The van der Waals surface area contributed by atoms with Crippen molar-refractivity contribution < 1.29 is 0 Å². The van der Waals surface area contributed by atoms with Gasteiger partial charge in [0.1, 0.15) is 5.69 Å². The van der Waals surface area contributed by atoms with E-state index in [0.29, 0.717) is 5.95 Å². The van der Waals surface area contributed by atoms with Gasteiger partial charge in [0.15, 0.2) is 0 Å². The van der Waals surface area contributed by atoms with Crippen LogP contribution in [0.3, 0.4) is 0 Å². The van der Waals surface area contributed by atoms with E-state index >= 15 is 0 Å². The molecule has 0 bridgehead atoms. The van der Waals surface area contributed by atoms with Crippen molar-refractivity contribution in [1.29, 1.82) is 0 Å². The molecule has 2 heterocycles. The number of rotatable bonds is 3. The van der Waals surface area contributed by atoms with E-state index in [1.165, 1.54) is 0 Å². The lowest BCUT2D eigenvalue weighted by atomic mass is 10.3. The maximum atomic E-state index is 4.41. The molecular weight excluding hydrogens is 238 g/mol. The fraction of sp³-hybridized carbons (Fsp3) is 0. The van der Waals surface area contributed by atoms with E-state index in [1.807, 2.05) is 30.3 Å². The van der Waals surface area contributed by atoms with Crippen molar-refractivity contribution in [3.05, 3.63) is 61.2 Å². The smallest absolute Gasteiger partial charge is 0.227 e. The third kappa shape index (κ3) is 2.71. The van der Waals surface area contributed by atoms with Crippen LogP contribution in [0.25, 0.3) is 11.4 Å². The first-order valence-electron chi connectivity index (χ1n) is 5.83. The Morgan fingerprint density at radius 2 is 1.68 bits per heavy atom. The number of para-hydroxylation sites is 1. The maximum Gasteiger partial charge on any atom is 0.227 e. The predicted octanol–water partition coefficient (Wildman–Crippen LogP) is 2.68. The lowest BCUT2D eigenvalue weighted by Gasteiger charge is -2.05. The Morgan fingerprint density at radius 1 is 0.789 bits per heavy atom. The van der Waals surface area contributed by atoms with Crippen LogP contribution in [0.5, 0.6) is 0 Å². The van der Waals surface area contributed by atoms with E-state index in [9.17, 15) is 0 Å². The first kappa shape index (κ1) is 11.3. The molecule has 3 rings (SSSR count). The van der Waals surface area contributed by atoms with Crippen LogP contribution in [0.1, 0.15) is 0 Å².